The molecule has 0 aliphatic carbocycles. The van der Waals surface area contributed by atoms with Crippen LogP contribution in [-0.4, -0.2) is 105 Å². The molecule has 0 radical (unpaired) electrons. The van der Waals surface area contributed by atoms with Crippen molar-refractivity contribution in [3.63, 3.8) is 0 Å². The lowest BCUT2D eigenvalue weighted by molar-refractivity contribution is -0.143. The topological polar surface area (TPSA) is 60.4 Å². The summed E-state index contributed by atoms with van der Waals surface area (Å²) < 4.78 is 42.4. The van der Waals surface area contributed by atoms with Crippen molar-refractivity contribution in [2.24, 2.45) is 4.99 Å². The normalized spacial score (nSPS) is 21.1. The zero-order valence-electron chi connectivity index (χ0n) is 16.5. The van der Waals surface area contributed by atoms with Crippen LogP contribution in [0.25, 0.3) is 0 Å². The molecule has 0 spiro atoms. The van der Waals surface area contributed by atoms with Crippen LogP contribution in [0.5, 0.6) is 0 Å². The fourth-order valence-corrected chi connectivity index (χ4v) is 3.38. The van der Waals surface area contributed by atoms with Gasteiger partial charge in [0.05, 0.1) is 6.54 Å². The summed E-state index contributed by atoms with van der Waals surface area (Å²) in [5.74, 6) is 0.792. The number of amides is 1. The second kappa shape index (κ2) is 12.0. The monoisotopic (exact) mass is 521 g/mol. The third-order valence-electron chi connectivity index (χ3n) is 4.76. The number of nitrogens with one attached hydrogen (secondary N) is 1. The van der Waals surface area contributed by atoms with E-state index in [0.717, 1.165) is 18.8 Å². The maximum Gasteiger partial charge on any atom is 0.401 e. The Bertz CT molecular complexity index is 508. The largest absolute Gasteiger partial charge is 0.401 e. The molecule has 2 aliphatic rings. The van der Waals surface area contributed by atoms with E-state index in [1.807, 2.05) is 4.90 Å². The summed E-state index contributed by atoms with van der Waals surface area (Å²) in [4.78, 5) is 21.8. The molecule has 0 bridgehead atoms. The lowest BCUT2D eigenvalue weighted by Gasteiger charge is -2.37. The van der Waals surface area contributed by atoms with E-state index >= 15 is 0 Å². The number of guanidine groups is 1. The average Bonchev–Trinajstić information content (AvgIpc) is 3.14. The number of rotatable bonds is 6. The summed E-state index contributed by atoms with van der Waals surface area (Å²) >= 11 is 0. The maximum atomic E-state index is 12.4. The fourth-order valence-electron chi connectivity index (χ4n) is 3.38. The van der Waals surface area contributed by atoms with Crippen LogP contribution in [0, 0.1) is 0 Å². The maximum absolute atomic E-state index is 12.4. The molecule has 0 saturated carbocycles. The molecule has 2 aliphatic heterocycles. The summed E-state index contributed by atoms with van der Waals surface area (Å²) in [5.41, 5.74) is 0. The van der Waals surface area contributed by atoms with E-state index in [4.69, 9.17) is 4.74 Å². The van der Waals surface area contributed by atoms with Crippen LogP contribution in [-0.2, 0) is 9.53 Å². The Labute approximate surface area is 181 Å². The van der Waals surface area contributed by atoms with Crippen LogP contribution < -0.4 is 5.32 Å². The summed E-state index contributed by atoms with van der Waals surface area (Å²) in [6.07, 6.45) is -2.14. The molecule has 2 rings (SSSR count). The van der Waals surface area contributed by atoms with E-state index < -0.39 is 12.7 Å². The number of hydrogen-bond donors (Lipinski definition) is 1. The second-order valence-corrected chi connectivity index (χ2v) is 6.99. The molecule has 1 unspecified atom stereocenters. The molecule has 0 aromatic heterocycles. The van der Waals surface area contributed by atoms with Crippen molar-refractivity contribution in [2.45, 2.75) is 31.5 Å². The van der Waals surface area contributed by atoms with Crippen molar-refractivity contribution in [3.8, 4) is 0 Å². The lowest BCUT2D eigenvalue weighted by atomic mass is 10.2. The summed E-state index contributed by atoms with van der Waals surface area (Å²) in [6.45, 7) is 3.24. The molecular formula is C17H31F3IN5O2. The van der Waals surface area contributed by atoms with Crippen molar-refractivity contribution in [3.05, 3.63) is 0 Å². The third kappa shape index (κ3) is 8.27. The highest BCUT2D eigenvalue weighted by Crippen LogP contribution is 2.16. The van der Waals surface area contributed by atoms with Crippen LogP contribution in [0.3, 0.4) is 0 Å². The number of nitrogens with zero attached hydrogens (tertiary/aromatic N) is 4. The van der Waals surface area contributed by atoms with Crippen molar-refractivity contribution >= 4 is 35.8 Å². The minimum Gasteiger partial charge on any atom is -0.368 e. The zero-order valence-corrected chi connectivity index (χ0v) is 18.8. The molecular weight excluding hydrogens is 490 g/mol. The summed E-state index contributed by atoms with van der Waals surface area (Å²) in [5, 5.41) is 3.20. The van der Waals surface area contributed by atoms with Crippen LogP contribution in [0.2, 0.25) is 0 Å². The fraction of sp³-hybridized carbons (Fsp3) is 0.882. The highest BCUT2D eigenvalue weighted by molar-refractivity contribution is 14.0. The number of piperazine rings is 1. The van der Waals surface area contributed by atoms with Crippen molar-refractivity contribution < 1.29 is 22.7 Å². The quantitative estimate of drug-likeness (QED) is 0.248. The molecule has 0 aromatic rings. The smallest absolute Gasteiger partial charge is 0.368 e. The number of halogens is 4. The van der Waals surface area contributed by atoms with E-state index in [1.54, 1.807) is 7.05 Å². The van der Waals surface area contributed by atoms with Gasteiger partial charge in [0.15, 0.2) is 5.96 Å². The SMILES string of the molecule is CN=C(NCCCN(C)CC(F)(F)F)N1CCN(C(=O)C2CCCO2)CC1.I. The standard InChI is InChI=1S/C17H30F3N5O2.HI/c1-21-16(22-6-4-7-23(2)13-17(18,19)20)25-10-8-24(9-11-25)15(26)14-5-3-12-27-14;/h14H,3-13H2,1-2H3,(H,21,22);1H. The van der Waals surface area contributed by atoms with Gasteiger partial charge in [-0.15, -0.1) is 24.0 Å². The number of aliphatic imine (C=N–C) groups is 1. The molecule has 2 saturated heterocycles. The highest BCUT2D eigenvalue weighted by Gasteiger charge is 2.31. The molecule has 1 N–H and O–H groups in total. The van der Waals surface area contributed by atoms with Gasteiger partial charge in [-0.05, 0) is 32.9 Å². The van der Waals surface area contributed by atoms with Crippen LogP contribution in [0.15, 0.2) is 4.99 Å². The predicted octanol–water partition coefficient (Wildman–Crippen LogP) is 1.39. The van der Waals surface area contributed by atoms with Crippen LogP contribution >= 0.6 is 24.0 Å². The third-order valence-corrected chi connectivity index (χ3v) is 4.76. The predicted molar refractivity (Wildman–Crippen MR) is 112 cm³/mol. The van der Waals surface area contributed by atoms with Gasteiger partial charge in [0.1, 0.15) is 6.10 Å². The van der Waals surface area contributed by atoms with E-state index in [0.29, 0.717) is 52.3 Å². The number of hydrogen-bond acceptors (Lipinski definition) is 4. The van der Waals surface area contributed by atoms with E-state index in [2.05, 4.69) is 15.2 Å². The van der Waals surface area contributed by atoms with E-state index in [-0.39, 0.29) is 36.0 Å². The van der Waals surface area contributed by atoms with Gasteiger partial charge >= 0.3 is 6.18 Å². The number of alkyl halides is 3. The Kier molecular flexibility index (Phi) is 10.8. The first-order chi connectivity index (χ1) is 12.8. The van der Waals surface area contributed by atoms with Gasteiger partial charge in [-0.3, -0.25) is 14.7 Å². The van der Waals surface area contributed by atoms with Gasteiger partial charge in [-0.2, -0.15) is 13.2 Å². The Morgan fingerprint density at radius 2 is 1.89 bits per heavy atom. The van der Waals surface area contributed by atoms with Gasteiger partial charge in [-0.1, -0.05) is 0 Å². The van der Waals surface area contributed by atoms with Gasteiger partial charge in [0.25, 0.3) is 5.91 Å². The molecule has 164 valence electrons. The van der Waals surface area contributed by atoms with E-state index in [1.165, 1.54) is 11.9 Å². The average molecular weight is 521 g/mol. The number of carbonyl (C=O) groups excluding carboxylic acids is 1. The van der Waals surface area contributed by atoms with Crippen LogP contribution in [0.4, 0.5) is 13.2 Å². The minimum atomic E-state index is -4.17. The summed E-state index contributed by atoms with van der Waals surface area (Å²) in [6, 6.07) is 0. The summed E-state index contributed by atoms with van der Waals surface area (Å²) in [7, 11) is 3.15. The Morgan fingerprint density at radius 3 is 2.43 bits per heavy atom. The Hall–Kier alpha value is -0.820. The van der Waals surface area contributed by atoms with Crippen molar-refractivity contribution in [1.82, 2.24) is 20.0 Å². The van der Waals surface area contributed by atoms with Gasteiger partial charge in [-0.25, -0.2) is 0 Å². The molecule has 1 amide bonds. The molecule has 11 heteroatoms. The first kappa shape index (κ1) is 25.2. The first-order valence-corrected chi connectivity index (χ1v) is 9.41. The molecule has 2 fully saturated rings. The van der Waals surface area contributed by atoms with Gasteiger partial charge < -0.3 is 19.9 Å². The van der Waals surface area contributed by atoms with Crippen LogP contribution in [0.1, 0.15) is 19.3 Å². The number of ether oxygens (including phenoxy) is 1. The van der Waals surface area contributed by atoms with Gasteiger partial charge in [0, 0.05) is 46.4 Å². The molecule has 7 nitrogen and oxygen atoms in total. The number of carbonyl (C=O) groups is 1. The Morgan fingerprint density at radius 1 is 1.25 bits per heavy atom. The Balaban J connectivity index is 0.00000392. The molecule has 1 atom stereocenters. The molecule has 28 heavy (non-hydrogen) atoms. The molecule has 2 heterocycles. The first-order valence-electron chi connectivity index (χ1n) is 9.41. The van der Waals surface area contributed by atoms with E-state index in [9.17, 15) is 18.0 Å². The van der Waals surface area contributed by atoms with Crippen molar-refractivity contribution in [1.29, 1.82) is 0 Å². The highest BCUT2D eigenvalue weighted by atomic mass is 127. The zero-order chi connectivity index (χ0) is 19.9. The lowest BCUT2D eigenvalue weighted by Crippen LogP contribution is -2.55. The minimum absolute atomic E-state index is 0. The van der Waals surface area contributed by atoms with Gasteiger partial charge in [0.2, 0.25) is 0 Å². The van der Waals surface area contributed by atoms with Crippen molar-refractivity contribution in [2.75, 3.05) is 66.5 Å². The second-order valence-electron chi connectivity index (χ2n) is 6.99. The molecule has 0 aromatic carbocycles.